The third kappa shape index (κ3) is 4.64. The molecule has 0 spiro atoms. The lowest BCUT2D eigenvalue weighted by Crippen LogP contribution is -2.51. The summed E-state index contributed by atoms with van der Waals surface area (Å²) in [6.45, 7) is 7.07. The van der Waals surface area contributed by atoms with E-state index in [9.17, 15) is 9.59 Å². The smallest absolute Gasteiger partial charge is 0.234 e. The van der Waals surface area contributed by atoms with Crippen LogP contribution in [0.15, 0.2) is 0 Å². The van der Waals surface area contributed by atoms with Crippen molar-refractivity contribution in [2.45, 2.75) is 51.6 Å². The Bertz CT molecular complexity index is 315. The summed E-state index contributed by atoms with van der Waals surface area (Å²) < 4.78 is 0. The molecule has 1 heterocycles. The van der Waals surface area contributed by atoms with E-state index in [0.717, 1.165) is 12.8 Å². The molecule has 5 heteroatoms. The summed E-state index contributed by atoms with van der Waals surface area (Å²) in [5.41, 5.74) is -0.155. The van der Waals surface area contributed by atoms with Crippen LogP contribution >= 0.6 is 0 Å². The second-order valence-electron chi connectivity index (χ2n) is 5.68. The van der Waals surface area contributed by atoms with Gasteiger partial charge in [-0.05, 0) is 26.7 Å². The second kappa shape index (κ2) is 6.18. The molecule has 0 aromatic carbocycles. The van der Waals surface area contributed by atoms with Crippen molar-refractivity contribution in [1.82, 2.24) is 15.5 Å². The zero-order valence-electron chi connectivity index (χ0n) is 11.9. The van der Waals surface area contributed by atoms with Gasteiger partial charge in [-0.2, -0.15) is 0 Å². The van der Waals surface area contributed by atoms with Gasteiger partial charge in [0.2, 0.25) is 11.8 Å². The van der Waals surface area contributed by atoms with E-state index in [1.807, 2.05) is 13.8 Å². The maximum Gasteiger partial charge on any atom is 0.234 e. The van der Waals surface area contributed by atoms with Gasteiger partial charge in [0.1, 0.15) is 0 Å². The summed E-state index contributed by atoms with van der Waals surface area (Å²) in [4.78, 5) is 24.8. The zero-order valence-corrected chi connectivity index (χ0v) is 11.9. The fourth-order valence-corrected chi connectivity index (χ4v) is 1.93. The monoisotopic (exact) mass is 255 g/mol. The number of carbonyl (C=O) groups is 2. The molecule has 0 saturated carbocycles. The van der Waals surface area contributed by atoms with Crippen LogP contribution in [0.1, 0.15) is 40.0 Å². The first-order valence-corrected chi connectivity index (χ1v) is 6.62. The molecule has 1 fully saturated rings. The Morgan fingerprint density at radius 3 is 2.72 bits per heavy atom. The van der Waals surface area contributed by atoms with Gasteiger partial charge in [-0.3, -0.25) is 9.59 Å². The molecule has 1 aliphatic heterocycles. The number of likely N-dealkylation sites (tertiary alicyclic amines) is 1. The average Bonchev–Trinajstić information content (AvgIpc) is 2.30. The topological polar surface area (TPSA) is 61.4 Å². The Hall–Kier alpha value is -1.10. The number of hydrogen-bond donors (Lipinski definition) is 2. The van der Waals surface area contributed by atoms with Crippen LogP contribution in [0.3, 0.4) is 0 Å². The van der Waals surface area contributed by atoms with Crippen molar-refractivity contribution >= 4 is 11.8 Å². The van der Waals surface area contributed by atoms with Gasteiger partial charge in [0.05, 0.1) is 6.54 Å². The number of rotatable bonds is 5. The molecule has 1 unspecified atom stereocenters. The van der Waals surface area contributed by atoms with E-state index >= 15 is 0 Å². The molecule has 1 aliphatic rings. The minimum atomic E-state index is -0.155. The second-order valence-corrected chi connectivity index (χ2v) is 5.68. The maximum atomic E-state index is 11.8. The Labute approximate surface area is 109 Å². The number of piperidine rings is 1. The fourth-order valence-electron chi connectivity index (χ4n) is 1.93. The molecule has 1 saturated heterocycles. The highest BCUT2D eigenvalue weighted by Gasteiger charge is 2.23. The van der Waals surface area contributed by atoms with Gasteiger partial charge in [-0.15, -0.1) is 0 Å². The molecule has 0 aromatic rings. The third-order valence-corrected chi connectivity index (χ3v) is 3.54. The van der Waals surface area contributed by atoms with Crippen LogP contribution < -0.4 is 10.6 Å². The van der Waals surface area contributed by atoms with Gasteiger partial charge in [-0.25, -0.2) is 0 Å². The van der Waals surface area contributed by atoms with Crippen molar-refractivity contribution in [2.24, 2.45) is 0 Å². The first-order chi connectivity index (χ1) is 8.34. The Morgan fingerprint density at radius 2 is 2.17 bits per heavy atom. The van der Waals surface area contributed by atoms with E-state index < -0.39 is 0 Å². The molecule has 5 nitrogen and oxygen atoms in total. The van der Waals surface area contributed by atoms with Gasteiger partial charge in [0, 0.05) is 31.6 Å². The number of likely N-dealkylation sites (N-methyl/N-ethyl adjacent to an activating group) is 1. The SMILES string of the molecule is CCC(C)(C)NC(=O)CNC1CCC(=O)N(C)C1. The van der Waals surface area contributed by atoms with Gasteiger partial charge in [0.15, 0.2) is 0 Å². The van der Waals surface area contributed by atoms with E-state index in [0.29, 0.717) is 19.5 Å². The normalized spacial score (nSPS) is 21.0. The van der Waals surface area contributed by atoms with Gasteiger partial charge in [0.25, 0.3) is 0 Å². The molecule has 0 radical (unpaired) electrons. The summed E-state index contributed by atoms with van der Waals surface area (Å²) in [6.07, 6.45) is 2.28. The number of carbonyl (C=O) groups excluding carboxylic acids is 2. The summed E-state index contributed by atoms with van der Waals surface area (Å²) in [5, 5.41) is 6.20. The van der Waals surface area contributed by atoms with Crippen molar-refractivity contribution in [3.8, 4) is 0 Å². The number of amides is 2. The van der Waals surface area contributed by atoms with E-state index in [2.05, 4.69) is 17.6 Å². The van der Waals surface area contributed by atoms with Crippen LogP contribution in [0.25, 0.3) is 0 Å². The number of hydrogen-bond acceptors (Lipinski definition) is 3. The molecule has 0 aromatic heterocycles. The molecule has 0 aliphatic carbocycles. The maximum absolute atomic E-state index is 11.8. The molecule has 1 rings (SSSR count). The van der Waals surface area contributed by atoms with Crippen LogP contribution in [0.5, 0.6) is 0 Å². The Balaban J connectivity index is 2.29. The third-order valence-electron chi connectivity index (χ3n) is 3.54. The number of nitrogens with zero attached hydrogens (tertiary/aromatic N) is 1. The quantitative estimate of drug-likeness (QED) is 0.752. The summed E-state index contributed by atoms with van der Waals surface area (Å²) >= 11 is 0. The minimum Gasteiger partial charge on any atom is -0.350 e. The predicted molar refractivity (Wildman–Crippen MR) is 71.2 cm³/mol. The molecule has 104 valence electrons. The highest BCUT2D eigenvalue weighted by atomic mass is 16.2. The van der Waals surface area contributed by atoms with Crippen molar-refractivity contribution in [2.75, 3.05) is 20.1 Å². The van der Waals surface area contributed by atoms with Crippen molar-refractivity contribution in [3.05, 3.63) is 0 Å². The van der Waals surface area contributed by atoms with Crippen molar-refractivity contribution in [3.63, 3.8) is 0 Å². The molecule has 0 bridgehead atoms. The Kier molecular flexibility index (Phi) is 5.14. The minimum absolute atomic E-state index is 0.0152. The lowest BCUT2D eigenvalue weighted by atomic mass is 10.0. The van der Waals surface area contributed by atoms with E-state index in [1.54, 1.807) is 11.9 Å². The van der Waals surface area contributed by atoms with Crippen molar-refractivity contribution in [1.29, 1.82) is 0 Å². The summed E-state index contributed by atoms with van der Waals surface area (Å²) in [5.74, 6) is 0.200. The lowest BCUT2D eigenvalue weighted by molar-refractivity contribution is -0.132. The summed E-state index contributed by atoms with van der Waals surface area (Å²) in [6, 6.07) is 0.225. The highest BCUT2D eigenvalue weighted by molar-refractivity contribution is 5.79. The lowest BCUT2D eigenvalue weighted by Gasteiger charge is -2.31. The standard InChI is InChI=1S/C13H25N3O2/c1-5-13(2,3)15-11(17)8-14-10-6-7-12(18)16(4)9-10/h10,14H,5-9H2,1-4H3,(H,15,17). The van der Waals surface area contributed by atoms with Crippen LogP contribution in [-0.4, -0.2) is 48.4 Å². The molecule has 2 amide bonds. The molecule has 1 atom stereocenters. The van der Waals surface area contributed by atoms with Crippen LogP contribution in [-0.2, 0) is 9.59 Å². The predicted octanol–water partition coefficient (Wildman–Crippen LogP) is 0.502. The van der Waals surface area contributed by atoms with Gasteiger partial charge < -0.3 is 15.5 Å². The molecule has 18 heavy (non-hydrogen) atoms. The summed E-state index contributed by atoms with van der Waals surface area (Å²) in [7, 11) is 1.80. The molecular weight excluding hydrogens is 230 g/mol. The first-order valence-electron chi connectivity index (χ1n) is 6.62. The van der Waals surface area contributed by atoms with Crippen LogP contribution in [0.2, 0.25) is 0 Å². The van der Waals surface area contributed by atoms with Crippen molar-refractivity contribution < 1.29 is 9.59 Å². The molecule has 2 N–H and O–H groups in total. The first kappa shape index (κ1) is 15.0. The van der Waals surface area contributed by atoms with Crippen LogP contribution in [0.4, 0.5) is 0 Å². The van der Waals surface area contributed by atoms with Crippen LogP contribution in [0, 0.1) is 0 Å². The number of nitrogens with one attached hydrogen (secondary N) is 2. The van der Waals surface area contributed by atoms with E-state index in [4.69, 9.17) is 0 Å². The fraction of sp³-hybridized carbons (Fsp3) is 0.846. The Morgan fingerprint density at radius 1 is 1.50 bits per heavy atom. The zero-order chi connectivity index (χ0) is 13.8. The largest absolute Gasteiger partial charge is 0.350 e. The van der Waals surface area contributed by atoms with Gasteiger partial charge in [-0.1, -0.05) is 6.92 Å². The van der Waals surface area contributed by atoms with E-state index in [-0.39, 0.29) is 23.4 Å². The highest BCUT2D eigenvalue weighted by Crippen LogP contribution is 2.09. The van der Waals surface area contributed by atoms with Gasteiger partial charge >= 0.3 is 0 Å². The molecular formula is C13H25N3O2. The van der Waals surface area contributed by atoms with E-state index in [1.165, 1.54) is 0 Å². The average molecular weight is 255 g/mol.